The number of hydrogen-bond donors (Lipinski definition) is 1. The predicted molar refractivity (Wildman–Crippen MR) is 114 cm³/mol. The van der Waals surface area contributed by atoms with Crippen LogP contribution in [0.2, 0.25) is 0 Å². The van der Waals surface area contributed by atoms with E-state index in [2.05, 4.69) is 15.3 Å². The minimum atomic E-state index is -0.536. The molecule has 0 amide bonds. The van der Waals surface area contributed by atoms with Crippen molar-refractivity contribution in [3.63, 3.8) is 0 Å². The molecule has 0 aliphatic rings. The molecule has 31 heavy (non-hydrogen) atoms. The summed E-state index contributed by atoms with van der Waals surface area (Å²) in [4.78, 5) is 29.1. The molecule has 4 aromatic rings. The highest BCUT2D eigenvalue weighted by molar-refractivity contribution is 5.93. The summed E-state index contributed by atoms with van der Waals surface area (Å²) in [5.41, 5.74) is 0.0198. The van der Waals surface area contributed by atoms with Gasteiger partial charge in [0.2, 0.25) is 11.2 Å². The van der Waals surface area contributed by atoms with Crippen molar-refractivity contribution in [1.29, 1.82) is 0 Å². The van der Waals surface area contributed by atoms with Gasteiger partial charge in [-0.2, -0.15) is 0 Å². The van der Waals surface area contributed by atoms with E-state index in [0.29, 0.717) is 5.75 Å². The van der Waals surface area contributed by atoms with Crippen molar-refractivity contribution in [3.8, 4) is 23.0 Å². The monoisotopic (exact) mass is 424 g/mol. The molecule has 0 saturated heterocycles. The van der Waals surface area contributed by atoms with E-state index in [1.165, 1.54) is 32.1 Å². The summed E-state index contributed by atoms with van der Waals surface area (Å²) >= 11 is 0. The summed E-state index contributed by atoms with van der Waals surface area (Å²) in [5, 5.41) is 8.20. The third-order valence-corrected chi connectivity index (χ3v) is 4.97. The number of ether oxygens (including phenoxy) is 4. The number of nitrogens with one attached hydrogen (secondary N) is 1. The quantitative estimate of drug-likeness (QED) is 0.497. The van der Waals surface area contributed by atoms with Gasteiger partial charge >= 0.3 is 0 Å². The van der Waals surface area contributed by atoms with Gasteiger partial charge in [-0.05, 0) is 23.8 Å². The van der Waals surface area contributed by atoms with E-state index in [9.17, 15) is 9.59 Å². The van der Waals surface area contributed by atoms with E-state index in [4.69, 9.17) is 18.9 Å². The molecule has 0 aliphatic heterocycles. The van der Waals surface area contributed by atoms with Gasteiger partial charge in [0.05, 0.1) is 45.9 Å². The first-order chi connectivity index (χ1) is 15.0. The Morgan fingerprint density at radius 1 is 0.935 bits per heavy atom. The van der Waals surface area contributed by atoms with Crippen LogP contribution in [0.15, 0.2) is 39.9 Å². The summed E-state index contributed by atoms with van der Waals surface area (Å²) in [5.74, 6) is 1.43. The van der Waals surface area contributed by atoms with E-state index in [0.717, 1.165) is 5.56 Å². The minimum Gasteiger partial charge on any atom is -0.497 e. The van der Waals surface area contributed by atoms with Gasteiger partial charge in [0, 0.05) is 0 Å². The van der Waals surface area contributed by atoms with Crippen LogP contribution in [0.3, 0.4) is 0 Å². The standard InChI is InChI=1S/C21H20N4O6/c1-28-12-7-5-11(6-8-12)10-25-17-16(23-24-25)18(26)13-9-14(29-2)19(30-3)20(31-4)15(13)22-21(17)27/h5-9H,10H2,1-4H3,(H,22,27). The fourth-order valence-corrected chi connectivity index (χ4v) is 3.46. The molecule has 2 aromatic heterocycles. The molecule has 0 spiro atoms. The molecule has 0 fully saturated rings. The fraction of sp³-hybridized carbons (Fsp3) is 0.238. The van der Waals surface area contributed by atoms with Crippen LogP contribution in [-0.2, 0) is 6.54 Å². The Morgan fingerprint density at radius 3 is 2.26 bits per heavy atom. The molecule has 0 bridgehead atoms. The first-order valence-corrected chi connectivity index (χ1v) is 9.27. The molecule has 0 radical (unpaired) electrons. The lowest BCUT2D eigenvalue weighted by atomic mass is 10.2. The lowest BCUT2D eigenvalue weighted by Crippen LogP contribution is -2.11. The summed E-state index contributed by atoms with van der Waals surface area (Å²) in [6.45, 7) is 0.243. The van der Waals surface area contributed by atoms with Crippen molar-refractivity contribution in [2.45, 2.75) is 6.54 Å². The van der Waals surface area contributed by atoms with Gasteiger partial charge in [0.15, 0.2) is 22.5 Å². The minimum absolute atomic E-state index is 0.0528. The Kier molecular flexibility index (Phi) is 5.20. The van der Waals surface area contributed by atoms with Crippen LogP contribution in [0.25, 0.3) is 21.9 Å². The number of fused-ring (bicyclic) bond motifs is 2. The molecular weight excluding hydrogens is 404 g/mol. The number of rotatable bonds is 6. The normalized spacial score (nSPS) is 11.0. The zero-order chi connectivity index (χ0) is 22.1. The van der Waals surface area contributed by atoms with Crippen molar-refractivity contribution in [2.75, 3.05) is 28.4 Å². The third kappa shape index (κ3) is 3.31. The molecule has 10 heteroatoms. The van der Waals surface area contributed by atoms with Gasteiger partial charge < -0.3 is 23.9 Å². The van der Waals surface area contributed by atoms with Gasteiger partial charge in [-0.25, -0.2) is 4.68 Å². The Bertz CT molecular complexity index is 1390. The van der Waals surface area contributed by atoms with Crippen molar-refractivity contribution in [1.82, 2.24) is 20.0 Å². The molecule has 160 valence electrons. The van der Waals surface area contributed by atoms with E-state index >= 15 is 0 Å². The van der Waals surface area contributed by atoms with Gasteiger partial charge in [0.1, 0.15) is 5.75 Å². The first-order valence-electron chi connectivity index (χ1n) is 9.27. The predicted octanol–water partition coefficient (Wildman–Crippen LogP) is 1.72. The highest BCUT2D eigenvalue weighted by Crippen LogP contribution is 2.41. The SMILES string of the molecule is COc1ccc(Cn2nnc3c(=O)c4cc(OC)c(OC)c(OC)c4[nH]c(=O)c32)cc1. The maximum absolute atomic E-state index is 13.3. The number of aromatic nitrogens is 4. The summed E-state index contributed by atoms with van der Waals surface area (Å²) < 4.78 is 22.7. The number of nitrogens with zero attached hydrogens (tertiary/aromatic N) is 3. The maximum atomic E-state index is 13.3. The topological polar surface area (TPSA) is 118 Å². The molecule has 2 heterocycles. The number of benzene rings is 2. The average molecular weight is 424 g/mol. The maximum Gasteiger partial charge on any atom is 0.276 e. The second kappa shape index (κ2) is 7.98. The van der Waals surface area contributed by atoms with E-state index in [1.54, 1.807) is 19.2 Å². The van der Waals surface area contributed by atoms with Gasteiger partial charge in [-0.15, -0.1) is 5.10 Å². The summed E-state index contributed by atoms with van der Waals surface area (Å²) in [6.07, 6.45) is 0. The van der Waals surface area contributed by atoms with E-state index in [-0.39, 0.29) is 45.7 Å². The molecule has 1 N–H and O–H groups in total. The van der Waals surface area contributed by atoms with E-state index in [1.807, 2.05) is 12.1 Å². The Labute approximate surface area is 175 Å². The largest absolute Gasteiger partial charge is 0.497 e. The highest BCUT2D eigenvalue weighted by Gasteiger charge is 2.21. The second-order valence-electron chi connectivity index (χ2n) is 6.64. The third-order valence-electron chi connectivity index (χ3n) is 4.97. The number of hydrogen-bond acceptors (Lipinski definition) is 8. The van der Waals surface area contributed by atoms with Crippen LogP contribution in [0.1, 0.15) is 5.56 Å². The lowest BCUT2D eigenvalue weighted by Gasteiger charge is -2.13. The van der Waals surface area contributed by atoms with Crippen LogP contribution >= 0.6 is 0 Å². The van der Waals surface area contributed by atoms with Crippen LogP contribution in [0.4, 0.5) is 0 Å². The van der Waals surface area contributed by atoms with Crippen molar-refractivity contribution >= 4 is 21.9 Å². The zero-order valence-electron chi connectivity index (χ0n) is 17.4. The zero-order valence-corrected chi connectivity index (χ0v) is 17.4. The van der Waals surface area contributed by atoms with Gasteiger partial charge in [0.25, 0.3) is 5.56 Å². The number of methoxy groups -OCH3 is 4. The smallest absolute Gasteiger partial charge is 0.276 e. The molecule has 0 atom stereocenters. The van der Waals surface area contributed by atoms with Gasteiger partial charge in [-0.1, -0.05) is 17.3 Å². The molecule has 0 unspecified atom stereocenters. The molecular formula is C21H20N4O6. The van der Waals surface area contributed by atoms with Crippen molar-refractivity contribution in [3.05, 3.63) is 56.5 Å². The summed E-state index contributed by atoms with van der Waals surface area (Å²) in [6, 6.07) is 8.77. The molecule has 10 nitrogen and oxygen atoms in total. The second-order valence-corrected chi connectivity index (χ2v) is 6.64. The van der Waals surface area contributed by atoms with Crippen LogP contribution in [0, 0.1) is 0 Å². The molecule has 2 aromatic carbocycles. The van der Waals surface area contributed by atoms with Crippen LogP contribution in [-0.4, -0.2) is 48.4 Å². The number of H-pyrrole nitrogens is 1. The van der Waals surface area contributed by atoms with Crippen LogP contribution in [0.5, 0.6) is 23.0 Å². The highest BCUT2D eigenvalue weighted by atomic mass is 16.5. The number of aromatic amines is 1. The first kappa shape index (κ1) is 20.2. The molecule has 0 saturated carbocycles. The lowest BCUT2D eigenvalue weighted by molar-refractivity contribution is 0.327. The molecule has 0 aliphatic carbocycles. The molecule has 4 rings (SSSR count). The van der Waals surface area contributed by atoms with Gasteiger partial charge in [-0.3, -0.25) is 9.59 Å². The Balaban J connectivity index is 2.00. The van der Waals surface area contributed by atoms with Crippen molar-refractivity contribution in [2.24, 2.45) is 0 Å². The van der Waals surface area contributed by atoms with E-state index < -0.39 is 11.0 Å². The fourth-order valence-electron chi connectivity index (χ4n) is 3.46. The summed E-state index contributed by atoms with van der Waals surface area (Å²) in [7, 11) is 5.88. The Hall–Kier alpha value is -4.08. The Morgan fingerprint density at radius 2 is 1.65 bits per heavy atom. The average Bonchev–Trinajstić information content (AvgIpc) is 3.17. The van der Waals surface area contributed by atoms with Crippen molar-refractivity contribution < 1.29 is 18.9 Å². The van der Waals surface area contributed by atoms with Crippen LogP contribution < -0.4 is 29.9 Å².